The van der Waals surface area contributed by atoms with Crippen LogP contribution in [0.1, 0.15) is 30.2 Å². The van der Waals surface area contributed by atoms with E-state index in [2.05, 4.69) is 35.6 Å². The second kappa shape index (κ2) is 12.0. The lowest BCUT2D eigenvalue weighted by Gasteiger charge is -2.16. The number of anilines is 1. The van der Waals surface area contributed by atoms with Crippen molar-refractivity contribution in [1.29, 1.82) is 0 Å². The summed E-state index contributed by atoms with van der Waals surface area (Å²) >= 11 is 0. The van der Waals surface area contributed by atoms with Crippen molar-refractivity contribution in [1.82, 2.24) is 25.2 Å². The van der Waals surface area contributed by atoms with E-state index in [9.17, 15) is 14.4 Å². The molecule has 1 atom stereocenters. The maximum Gasteiger partial charge on any atom is 0.225 e. The lowest BCUT2D eigenvalue weighted by molar-refractivity contribution is -0.115. The summed E-state index contributed by atoms with van der Waals surface area (Å²) in [7, 11) is 1.52. The van der Waals surface area contributed by atoms with Gasteiger partial charge < -0.3 is 20.6 Å². The second-order valence-electron chi connectivity index (χ2n) is 9.08. The molecule has 1 fully saturated rings. The molecule has 1 saturated heterocycles. The van der Waals surface area contributed by atoms with E-state index < -0.39 is 5.82 Å². The summed E-state index contributed by atoms with van der Waals surface area (Å²) in [5, 5.41) is 19.3. The molecule has 0 bridgehead atoms. The van der Waals surface area contributed by atoms with E-state index in [1.807, 2.05) is 19.1 Å². The van der Waals surface area contributed by atoms with Crippen molar-refractivity contribution in [2.45, 2.75) is 33.2 Å². The van der Waals surface area contributed by atoms with E-state index in [1.54, 1.807) is 19.1 Å². The van der Waals surface area contributed by atoms with Gasteiger partial charge in [0.15, 0.2) is 0 Å². The Morgan fingerprint density at radius 1 is 1.30 bits per heavy atom. The summed E-state index contributed by atoms with van der Waals surface area (Å²) in [5.74, 6) is 0.503. The first kappa shape index (κ1) is 26.4. The van der Waals surface area contributed by atoms with Crippen LogP contribution in [-0.4, -0.2) is 70.0 Å². The molecule has 0 aliphatic carbocycles. The first-order chi connectivity index (χ1) is 17.9. The molecule has 1 aliphatic rings. The molecule has 0 spiro atoms. The molecular formula is C26H32FN7O3. The molecule has 196 valence electrons. The van der Waals surface area contributed by atoms with Gasteiger partial charge in [-0.15, -0.1) is 0 Å². The fourth-order valence-electron chi connectivity index (χ4n) is 4.39. The third kappa shape index (κ3) is 6.36. The van der Waals surface area contributed by atoms with Crippen LogP contribution in [0.5, 0.6) is 5.88 Å². The summed E-state index contributed by atoms with van der Waals surface area (Å²) in [6.45, 7) is 6.54. The van der Waals surface area contributed by atoms with E-state index >= 15 is 0 Å². The highest BCUT2D eigenvalue weighted by molar-refractivity contribution is 5.90. The minimum Gasteiger partial charge on any atom is -0.481 e. The number of hydrogen-bond donors (Lipinski definition) is 3. The smallest absolute Gasteiger partial charge is 0.225 e. The van der Waals surface area contributed by atoms with Crippen molar-refractivity contribution in [3.8, 4) is 5.88 Å². The van der Waals surface area contributed by atoms with E-state index in [0.717, 1.165) is 11.3 Å². The molecule has 3 aromatic heterocycles. The summed E-state index contributed by atoms with van der Waals surface area (Å²) in [5.41, 5.74) is 3.98. The number of methoxy groups -OCH3 is 1. The van der Waals surface area contributed by atoms with Crippen molar-refractivity contribution in [3.63, 3.8) is 0 Å². The Bertz CT molecular complexity index is 1300. The number of amides is 1. The monoisotopic (exact) mass is 509 g/mol. The van der Waals surface area contributed by atoms with Crippen LogP contribution in [0.25, 0.3) is 11.0 Å². The van der Waals surface area contributed by atoms with Crippen LogP contribution < -0.4 is 15.4 Å². The summed E-state index contributed by atoms with van der Waals surface area (Å²) in [6, 6.07) is 7.32. The van der Waals surface area contributed by atoms with Gasteiger partial charge in [-0.05, 0) is 31.0 Å². The number of pyridine rings is 3. The van der Waals surface area contributed by atoms with Gasteiger partial charge in [-0.25, -0.2) is 14.4 Å². The highest BCUT2D eigenvalue weighted by Gasteiger charge is 2.29. The average Bonchev–Trinajstić information content (AvgIpc) is 3.31. The number of nitrogens with one attached hydrogen (secondary N) is 2. The number of oxime groups is 1. The molecule has 1 amide bonds. The van der Waals surface area contributed by atoms with Crippen LogP contribution in [0.3, 0.4) is 0 Å². The van der Waals surface area contributed by atoms with Crippen LogP contribution >= 0.6 is 0 Å². The molecule has 0 saturated carbocycles. The third-order valence-corrected chi connectivity index (χ3v) is 6.52. The lowest BCUT2D eigenvalue weighted by Crippen LogP contribution is -2.29. The van der Waals surface area contributed by atoms with Crippen molar-refractivity contribution in [3.05, 3.63) is 53.1 Å². The molecule has 0 unspecified atom stereocenters. The van der Waals surface area contributed by atoms with Gasteiger partial charge in [-0.3, -0.25) is 14.7 Å². The zero-order chi connectivity index (χ0) is 26.4. The van der Waals surface area contributed by atoms with Gasteiger partial charge in [0.25, 0.3) is 0 Å². The fraction of sp³-hybridized carbons (Fsp3) is 0.423. The van der Waals surface area contributed by atoms with Gasteiger partial charge >= 0.3 is 0 Å². The molecule has 3 N–H and O–H groups in total. The van der Waals surface area contributed by atoms with Gasteiger partial charge in [0, 0.05) is 56.7 Å². The number of rotatable bonds is 10. The average molecular weight is 510 g/mol. The Labute approximate surface area is 215 Å². The molecule has 4 rings (SSSR count). The first-order valence-electron chi connectivity index (χ1n) is 12.3. The van der Waals surface area contributed by atoms with Gasteiger partial charge in [-0.2, -0.15) is 0 Å². The summed E-state index contributed by atoms with van der Waals surface area (Å²) in [6.07, 6.45) is 2.05. The predicted molar refractivity (Wildman–Crippen MR) is 139 cm³/mol. The highest BCUT2D eigenvalue weighted by Crippen LogP contribution is 2.23. The van der Waals surface area contributed by atoms with Crippen LogP contribution in [0, 0.1) is 18.7 Å². The topological polar surface area (TPSA) is 125 Å². The zero-order valence-electron chi connectivity index (χ0n) is 21.3. The van der Waals surface area contributed by atoms with Gasteiger partial charge in [0.2, 0.25) is 11.8 Å². The molecule has 1 aliphatic heterocycles. The van der Waals surface area contributed by atoms with Crippen molar-refractivity contribution in [2.24, 2.45) is 11.1 Å². The van der Waals surface area contributed by atoms with Gasteiger partial charge in [0.05, 0.1) is 35.7 Å². The molecule has 10 nitrogen and oxygen atoms in total. The van der Waals surface area contributed by atoms with E-state index in [4.69, 9.17) is 4.74 Å². The van der Waals surface area contributed by atoms with Crippen molar-refractivity contribution in [2.75, 3.05) is 38.6 Å². The molecule has 0 radical (unpaired) electrons. The molecule has 0 aromatic carbocycles. The Kier molecular flexibility index (Phi) is 8.57. The number of ether oxygens (including phenoxy) is 1. The minimum atomic E-state index is -0.401. The number of carbonyl (C=O) groups excluding carboxylic acids is 1. The number of carbonyl (C=O) groups is 1. The number of aromatic nitrogens is 3. The summed E-state index contributed by atoms with van der Waals surface area (Å²) < 4.78 is 19.9. The van der Waals surface area contributed by atoms with E-state index in [0.29, 0.717) is 79.6 Å². The third-order valence-electron chi connectivity index (χ3n) is 6.52. The zero-order valence-corrected chi connectivity index (χ0v) is 21.3. The molecule has 37 heavy (non-hydrogen) atoms. The van der Waals surface area contributed by atoms with Crippen LogP contribution in [0.15, 0.2) is 35.6 Å². The Morgan fingerprint density at radius 3 is 2.89 bits per heavy atom. The summed E-state index contributed by atoms with van der Waals surface area (Å²) in [4.78, 5) is 27.0. The number of aryl methyl sites for hydroxylation is 1. The standard InChI is InChI=1S/C26H32FN7O3/c1-4-23(35)31-26-16(2)5-6-18(30-26)12-28-11-17-14-34(15-22(17)33-36)10-9-19-20(27)13-29-21-7-8-24(37-3)32-25(19)21/h5-8,13,17,28,36H,4,9-12,14-15H2,1-3H3,(H,30,31,35)/t17-/m1/s1. The minimum absolute atomic E-state index is 0.00645. The quantitative estimate of drug-likeness (QED) is 0.282. The largest absolute Gasteiger partial charge is 0.481 e. The Hall–Kier alpha value is -3.70. The number of likely N-dealkylation sites (tertiary alicyclic amines) is 1. The van der Waals surface area contributed by atoms with E-state index in [1.165, 1.54) is 13.3 Å². The number of fused-ring (bicyclic) bond motifs is 1. The van der Waals surface area contributed by atoms with Crippen molar-refractivity contribution < 1.29 is 19.1 Å². The van der Waals surface area contributed by atoms with Gasteiger partial charge in [-0.1, -0.05) is 18.1 Å². The normalized spacial score (nSPS) is 17.0. The molecule has 4 heterocycles. The molecular weight excluding hydrogens is 477 g/mol. The molecule has 11 heteroatoms. The number of hydrogen-bond acceptors (Lipinski definition) is 9. The number of nitrogens with zero attached hydrogens (tertiary/aromatic N) is 5. The Balaban J connectivity index is 1.35. The first-order valence-corrected chi connectivity index (χ1v) is 12.3. The van der Waals surface area contributed by atoms with Gasteiger partial charge in [0.1, 0.15) is 11.6 Å². The highest BCUT2D eigenvalue weighted by atomic mass is 19.1. The van der Waals surface area contributed by atoms with Crippen LogP contribution in [0.4, 0.5) is 10.2 Å². The SMILES string of the molecule is CCC(=O)Nc1nc(CNC[C@@H]2CN(CCc3c(F)cnc4ccc(OC)nc34)CC2=NO)ccc1C. The van der Waals surface area contributed by atoms with Crippen molar-refractivity contribution >= 4 is 28.5 Å². The second-order valence-corrected chi connectivity index (χ2v) is 9.08. The van der Waals surface area contributed by atoms with Crippen LogP contribution in [0.2, 0.25) is 0 Å². The predicted octanol–water partition coefficient (Wildman–Crippen LogP) is 2.92. The molecule has 3 aromatic rings. The van der Waals surface area contributed by atoms with E-state index in [-0.39, 0.29) is 11.8 Å². The maximum absolute atomic E-state index is 14.7. The fourth-order valence-corrected chi connectivity index (χ4v) is 4.39. The Morgan fingerprint density at radius 2 is 2.14 bits per heavy atom. The number of halogens is 1. The maximum atomic E-state index is 14.7. The van der Waals surface area contributed by atoms with Crippen LogP contribution in [-0.2, 0) is 17.8 Å². The lowest BCUT2D eigenvalue weighted by atomic mass is 10.1.